The second-order valence-corrected chi connectivity index (χ2v) is 8.26. The highest BCUT2D eigenvalue weighted by molar-refractivity contribution is 9.10. The monoisotopic (exact) mass is 433 g/mol. The van der Waals surface area contributed by atoms with Gasteiger partial charge in [0.1, 0.15) is 5.75 Å². The van der Waals surface area contributed by atoms with Crippen molar-refractivity contribution in [3.05, 3.63) is 75.8 Å². The van der Waals surface area contributed by atoms with Crippen molar-refractivity contribution >= 4 is 43.7 Å². The van der Waals surface area contributed by atoms with Gasteiger partial charge < -0.3 is 10.1 Å². The molecule has 0 saturated heterocycles. The number of carbonyl (C=O) groups excluding carboxylic acids is 1. The Kier molecular flexibility index (Phi) is 4.24. The van der Waals surface area contributed by atoms with Gasteiger partial charge in [0.15, 0.2) is 5.78 Å². The standard InChI is InChI=1S/C24H20BrNO2/c1-28-21-12-10-15(25)13-18(21)24-23-17(7-4-8-20(23)27)22-16-6-3-2-5-14(16)9-11-19(22)26-24/h2-3,5-6,9-13,24,26H,4,7-8H2,1H3/t24-/m0/s1. The molecule has 1 atom stereocenters. The molecule has 3 aromatic carbocycles. The summed E-state index contributed by atoms with van der Waals surface area (Å²) in [6, 6.07) is 18.4. The fourth-order valence-electron chi connectivity index (χ4n) is 4.57. The number of methoxy groups -OCH3 is 1. The van der Waals surface area contributed by atoms with Gasteiger partial charge in [-0.2, -0.15) is 0 Å². The molecule has 4 heteroatoms. The number of halogens is 1. The lowest BCUT2D eigenvalue weighted by atomic mass is 9.76. The minimum absolute atomic E-state index is 0.205. The van der Waals surface area contributed by atoms with Crippen LogP contribution >= 0.6 is 15.9 Å². The van der Waals surface area contributed by atoms with Crippen LogP contribution in [-0.4, -0.2) is 12.9 Å². The Bertz CT molecular complexity index is 1150. The van der Waals surface area contributed by atoms with Gasteiger partial charge in [0, 0.05) is 33.3 Å². The summed E-state index contributed by atoms with van der Waals surface area (Å²) in [5.41, 5.74) is 5.34. The molecule has 2 aliphatic rings. The Morgan fingerprint density at radius 2 is 1.93 bits per heavy atom. The van der Waals surface area contributed by atoms with E-state index in [4.69, 9.17) is 4.74 Å². The number of hydrogen-bond acceptors (Lipinski definition) is 3. The van der Waals surface area contributed by atoms with E-state index in [1.165, 1.54) is 21.9 Å². The second kappa shape index (κ2) is 6.78. The maximum absolute atomic E-state index is 13.1. The van der Waals surface area contributed by atoms with Crippen LogP contribution in [0.4, 0.5) is 5.69 Å². The third kappa shape index (κ3) is 2.67. The number of anilines is 1. The van der Waals surface area contributed by atoms with Crippen LogP contribution in [0.25, 0.3) is 16.3 Å². The molecule has 0 amide bonds. The normalized spacial score (nSPS) is 18.5. The highest BCUT2D eigenvalue weighted by atomic mass is 79.9. The van der Waals surface area contributed by atoms with Crippen LogP contribution in [-0.2, 0) is 4.79 Å². The van der Waals surface area contributed by atoms with Gasteiger partial charge in [-0.05, 0) is 53.5 Å². The number of Topliss-reactive ketones (excluding diaryl/α,β-unsaturated/α-hetero) is 1. The van der Waals surface area contributed by atoms with E-state index >= 15 is 0 Å². The van der Waals surface area contributed by atoms with E-state index < -0.39 is 0 Å². The van der Waals surface area contributed by atoms with Crippen LogP contribution < -0.4 is 10.1 Å². The van der Waals surface area contributed by atoms with Crippen molar-refractivity contribution in [1.82, 2.24) is 0 Å². The lowest BCUT2D eigenvalue weighted by Gasteiger charge is -2.35. The van der Waals surface area contributed by atoms with Gasteiger partial charge in [0.2, 0.25) is 0 Å². The molecule has 0 bridgehead atoms. The van der Waals surface area contributed by atoms with Gasteiger partial charge in [-0.15, -0.1) is 0 Å². The SMILES string of the molecule is COc1ccc(Br)cc1[C@@H]1Nc2ccc3ccccc3c2C2=C1C(=O)CCC2. The first kappa shape index (κ1) is 17.5. The Morgan fingerprint density at radius 3 is 2.79 bits per heavy atom. The number of ketones is 1. The minimum atomic E-state index is -0.205. The Hall–Kier alpha value is -2.59. The molecule has 0 unspecified atom stereocenters. The van der Waals surface area contributed by atoms with Crippen molar-refractivity contribution in [2.24, 2.45) is 0 Å². The number of ether oxygens (including phenoxy) is 1. The summed E-state index contributed by atoms with van der Waals surface area (Å²) in [7, 11) is 1.68. The van der Waals surface area contributed by atoms with Crippen LogP contribution in [0.5, 0.6) is 5.75 Å². The van der Waals surface area contributed by atoms with Crippen molar-refractivity contribution in [2.75, 3.05) is 12.4 Å². The number of benzene rings is 3. The number of carbonyl (C=O) groups is 1. The van der Waals surface area contributed by atoms with Crippen molar-refractivity contribution < 1.29 is 9.53 Å². The van der Waals surface area contributed by atoms with Gasteiger partial charge in [-0.1, -0.05) is 46.3 Å². The first-order valence-corrected chi connectivity index (χ1v) is 10.3. The van der Waals surface area contributed by atoms with E-state index in [0.717, 1.165) is 39.9 Å². The average Bonchev–Trinajstić information content (AvgIpc) is 2.73. The van der Waals surface area contributed by atoms with Crippen LogP contribution in [0.3, 0.4) is 0 Å². The molecular formula is C24H20BrNO2. The van der Waals surface area contributed by atoms with Crippen LogP contribution in [0.1, 0.15) is 36.4 Å². The predicted octanol–water partition coefficient (Wildman–Crippen LogP) is 6.28. The van der Waals surface area contributed by atoms with Crippen molar-refractivity contribution in [3.63, 3.8) is 0 Å². The zero-order valence-corrected chi connectivity index (χ0v) is 17.2. The predicted molar refractivity (Wildman–Crippen MR) is 117 cm³/mol. The second-order valence-electron chi connectivity index (χ2n) is 7.34. The number of fused-ring (bicyclic) bond motifs is 4. The van der Waals surface area contributed by atoms with Gasteiger partial charge in [0.05, 0.1) is 13.2 Å². The fraction of sp³-hybridized carbons (Fsp3) is 0.208. The molecule has 0 spiro atoms. The van der Waals surface area contributed by atoms with Crippen LogP contribution in [0, 0.1) is 0 Å². The number of allylic oxidation sites excluding steroid dienone is 1. The summed E-state index contributed by atoms with van der Waals surface area (Å²) in [5, 5.41) is 6.06. The molecule has 28 heavy (non-hydrogen) atoms. The Morgan fingerprint density at radius 1 is 1.07 bits per heavy atom. The van der Waals surface area contributed by atoms with E-state index in [0.29, 0.717) is 6.42 Å². The van der Waals surface area contributed by atoms with E-state index in [1.54, 1.807) is 7.11 Å². The molecule has 0 aromatic heterocycles. The molecule has 5 rings (SSSR count). The summed E-state index contributed by atoms with van der Waals surface area (Å²) in [5.74, 6) is 1.02. The maximum atomic E-state index is 13.1. The number of hydrogen-bond donors (Lipinski definition) is 1. The van der Waals surface area contributed by atoms with Crippen molar-refractivity contribution in [2.45, 2.75) is 25.3 Å². The molecule has 1 heterocycles. The molecule has 0 fully saturated rings. The molecule has 0 radical (unpaired) electrons. The third-order valence-electron chi connectivity index (χ3n) is 5.78. The lowest BCUT2D eigenvalue weighted by molar-refractivity contribution is -0.116. The zero-order valence-electron chi connectivity index (χ0n) is 15.6. The van der Waals surface area contributed by atoms with Crippen molar-refractivity contribution in [1.29, 1.82) is 0 Å². The summed E-state index contributed by atoms with van der Waals surface area (Å²) in [4.78, 5) is 13.1. The Labute approximate surface area is 172 Å². The average molecular weight is 434 g/mol. The largest absolute Gasteiger partial charge is 0.496 e. The van der Waals surface area contributed by atoms with E-state index in [2.05, 4.69) is 63.7 Å². The molecule has 3 nitrogen and oxygen atoms in total. The number of rotatable bonds is 2. The third-order valence-corrected chi connectivity index (χ3v) is 6.27. The summed E-state index contributed by atoms with van der Waals surface area (Å²) >= 11 is 3.58. The van der Waals surface area contributed by atoms with Gasteiger partial charge in [-0.3, -0.25) is 4.79 Å². The fourth-order valence-corrected chi connectivity index (χ4v) is 4.95. The van der Waals surface area contributed by atoms with Crippen LogP contribution in [0.2, 0.25) is 0 Å². The van der Waals surface area contributed by atoms with Gasteiger partial charge >= 0.3 is 0 Å². The summed E-state index contributed by atoms with van der Waals surface area (Å²) in [6.07, 6.45) is 2.44. The number of nitrogens with one attached hydrogen (secondary N) is 1. The topological polar surface area (TPSA) is 38.3 Å². The van der Waals surface area contributed by atoms with Crippen LogP contribution in [0.15, 0.2) is 64.6 Å². The van der Waals surface area contributed by atoms with E-state index in [1.807, 2.05) is 12.1 Å². The molecule has 1 N–H and O–H groups in total. The first-order valence-electron chi connectivity index (χ1n) is 9.55. The quantitative estimate of drug-likeness (QED) is 0.516. The molecule has 140 valence electrons. The first-order chi connectivity index (χ1) is 13.7. The Balaban J connectivity index is 1.80. The molecule has 1 aliphatic heterocycles. The van der Waals surface area contributed by atoms with Crippen molar-refractivity contribution in [3.8, 4) is 5.75 Å². The highest BCUT2D eigenvalue weighted by Gasteiger charge is 2.36. The lowest BCUT2D eigenvalue weighted by Crippen LogP contribution is -2.27. The minimum Gasteiger partial charge on any atom is -0.496 e. The molecular weight excluding hydrogens is 414 g/mol. The summed E-state index contributed by atoms with van der Waals surface area (Å²) in [6.45, 7) is 0. The zero-order chi connectivity index (χ0) is 19.3. The highest BCUT2D eigenvalue weighted by Crippen LogP contribution is 2.49. The maximum Gasteiger partial charge on any atom is 0.161 e. The smallest absolute Gasteiger partial charge is 0.161 e. The van der Waals surface area contributed by atoms with E-state index in [-0.39, 0.29) is 11.8 Å². The summed E-state index contributed by atoms with van der Waals surface area (Å²) < 4.78 is 6.60. The molecule has 1 aliphatic carbocycles. The molecule has 0 saturated carbocycles. The van der Waals surface area contributed by atoms with Gasteiger partial charge in [-0.25, -0.2) is 0 Å². The van der Waals surface area contributed by atoms with E-state index in [9.17, 15) is 4.79 Å². The van der Waals surface area contributed by atoms with Gasteiger partial charge in [0.25, 0.3) is 0 Å². The molecule has 3 aromatic rings.